The molecule has 0 aromatic carbocycles. The lowest BCUT2D eigenvalue weighted by Crippen LogP contribution is -1.98. The van der Waals surface area contributed by atoms with E-state index in [1.807, 2.05) is 18.3 Å². The quantitative estimate of drug-likeness (QED) is 0.667. The molecule has 2 unspecified atom stereocenters. The van der Waals surface area contributed by atoms with Gasteiger partial charge < -0.3 is 10.1 Å². The fourth-order valence-corrected chi connectivity index (χ4v) is 1.39. The molecular weight excluding hydrogens is 142 g/mol. The Morgan fingerprint density at radius 3 is 3.00 bits per heavy atom. The van der Waals surface area contributed by atoms with Gasteiger partial charge in [0.15, 0.2) is 0 Å². The van der Waals surface area contributed by atoms with Crippen molar-refractivity contribution in [3.05, 3.63) is 24.0 Å². The smallest absolute Gasteiger partial charge is 0.307 e. The normalized spacial score (nSPS) is 28.4. The number of H-pyrrole nitrogens is 1. The number of nitrogens with one attached hydrogen (secondary N) is 1. The minimum Gasteiger partial charge on any atom is -0.481 e. The van der Waals surface area contributed by atoms with E-state index in [2.05, 4.69) is 4.98 Å². The van der Waals surface area contributed by atoms with Crippen molar-refractivity contribution in [2.45, 2.75) is 12.3 Å². The Morgan fingerprint density at radius 1 is 1.73 bits per heavy atom. The third kappa shape index (κ3) is 1.02. The maximum Gasteiger partial charge on any atom is 0.307 e. The second-order valence-electron chi connectivity index (χ2n) is 2.91. The minimum atomic E-state index is -0.676. The standard InChI is InChI=1S/C8H9NO2/c10-8(11)6-4-5(6)7-2-1-3-9-7/h1-3,5-6,9H,4H2,(H,10,11). The molecule has 1 aliphatic carbocycles. The van der Waals surface area contributed by atoms with Gasteiger partial charge in [-0.15, -0.1) is 0 Å². The summed E-state index contributed by atoms with van der Waals surface area (Å²) in [6, 6.07) is 3.83. The van der Waals surface area contributed by atoms with E-state index < -0.39 is 5.97 Å². The molecule has 1 aromatic heterocycles. The summed E-state index contributed by atoms with van der Waals surface area (Å²) < 4.78 is 0. The van der Waals surface area contributed by atoms with Gasteiger partial charge in [0.1, 0.15) is 0 Å². The van der Waals surface area contributed by atoms with E-state index >= 15 is 0 Å². The van der Waals surface area contributed by atoms with Crippen LogP contribution in [-0.4, -0.2) is 16.1 Å². The topological polar surface area (TPSA) is 53.1 Å². The molecule has 0 radical (unpaired) electrons. The summed E-state index contributed by atoms with van der Waals surface area (Å²) in [7, 11) is 0. The molecule has 0 aliphatic heterocycles. The van der Waals surface area contributed by atoms with Crippen molar-refractivity contribution in [2.75, 3.05) is 0 Å². The zero-order chi connectivity index (χ0) is 7.84. The molecule has 58 valence electrons. The van der Waals surface area contributed by atoms with Gasteiger partial charge in [-0.05, 0) is 18.6 Å². The molecule has 3 heteroatoms. The molecule has 0 bridgehead atoms. The average Bonchev–Trinajstić information content (AvgIpc) is 2.60. The van der Waals surface area contributed by atoms with Crippen LogP contribution in [0.15, 0.2) is 18.3 Å². The van der Waals surface area contributed by atoms with Gasteiger partial charge in [0.2, 0.25) is 0 Å². The summed E-state index contributed by atoms with van der Waals surface area (Å²) in [5, 5.41) is 8.61. The third-order valence-corrected chi connectivity index (χ3v) is 2.13. The molecule has 0 saturated heterocycles. The van der Waals surface area contributed by atoms with Crippen molar-refractivity contribution in [2.24, 2.45) is 5.92 Å². The Kier molecular flexibility index (Phi) is 1.24. The van der Waals surface area contributed by atoms with Crippen LogP contribution in [0.1, 0.15) is 18.0 Å². The zero-order valence-electron chi connectivity index (χ0n) is 5.95. The number of hydrogen-bond donors (Lipinski definition) is 2. The molecule has 1 aliphatic rings. The Labute approximate surface area is 64.1 Å². The predicted octanol–water partition coefficient (Wildman–Crippen LogP) is 1.20. The van der Waals surface area contributed by atoms with E-state index in [0.29, 0.717) is 0 Å². The lowest BCUT2D eigenvalue weighted by atomic mass is 10.2. The van der Waals surface area contributed by atoms with Gasteiger partial charge in [0.05, 0.1) is 5.92 Å². The molecule has 2 N–H and O–H groups in total. The van der Waals surface area contributed by atoms with Crippen LogP contribution in [0.25, 0.3) is 0 Å². The summed E-state index contributed by atoms with van der Waals surface area (Å²) in [6.07, 6.45) is 2.61. The molecule has 11 heavy (non-hydrogen) atoms. The first kappa shape index (κ1) is 6.46. The summed E-state index contributed by atoms with van der Waals surface area (Å²) in [6.45, 7) is 0. The molecule has 2 rings (SSSR count). The molecule has 0 spiro atoms. The Morgan fingerprint density at radius 2 is 2.55 bits per heavy atom. The molecule has 1 aromatic rings. The highest BCUT2D eigenvalue weighted by Gasteiger charge is 2.44. The first-order chi connectivity index (χ1) is 5.29. The van der Waals surface area contributed by atoms with Crippen LogP contribution < -0.4 is 0 Å². The number of hydrogen-bond acceptors (Lipinski definition) is 1. The second kappa shape index (κ2) is 2.12. The molecule has 1 fully saturated rings. The Hall–Kier alpha value is -1.25. The summed E-state index contributed by atoms with van der Waals surface area (Å²) in [5.41, 5.74) is 1.05. The average molecular weight is 151 g/mol. The summed E-state index contributed by atoms with van der Waals surface area (Å²) in [4.78, 5) is 13.5. The number of carbonyl (C=O) groups is 1. The van der Waals surface area contributed by atoms with Crippen molar-refractivity contribution in [1.29, 1.82) is 0 Å². The van der Waals surface area contributed by atoms with Gasteiger partial charge >= 0.3 is 5.97 Å². The molecule has 3 nitrogen and oxygen atoms in total. The van der Waals surface area contributed by atoms with Crippen molar-refractivity contribution in [3.63, 3.8) is 0 Å². The number of aromatic amines is 1. The number of carboxylic acid groups (broad SMARTS) is 1. The first-order valence-corrected chi connectivity index (χ1v) is 3.65. The van der Waals surface area contributed by atoms with Crippen LogP contribution in [0.5, 0.6) is 0 Å². The Bertz CT molecular complexity index is 266. The lowest BCUT2D eigenvalue weighted by molar-refractivity contribution is -0.138. The van der Waals surface area contributed by atoms with Crippen LogP contribution in [0.2, 0.25) is 0 Å². The van der Waals surface area contributed by atoms with Crippen molar-refractivity contribution >= 4 is 5.97 Å². The minimum absolute atomic E-state index is 0.145. The molecule has 1 saturated carbocycles. The number of aromatic nitrogens is 1. The van der Waals surface area contributed by atoms with Crippen LogP contribution >= 0.6 is 0 Å². The van der Waals surface area contributed by atoms with Gasteiger partial charge in [-0.2, -0.15) is 0 Å². The highest BCUT2D eigenvalue weighted by atomic mass is 16.4. The van der Waals surface area contributed by atoms with Crippen LogP contribution in [0.4, 0.5) is 0 Å². The predicted molar refractivity (Wildman–Crippen MR) is 39.3 cm³/mol. The van der Waals surface area contributed by atoms with E-state index in [-0.39, 0.29) is 11.8 Å². The first-order valence-electron chi connectivity index (χ1n) is 3.65. The maximum absolute atomic E-state index is 10.5. The van der Waals surface area contributed by atoms with Gasteiger partial charge in [0, 0.05) is 17.8 Å². The fourth-order valence-electron chi connectivity index (χ4n) is 1.39. The van der Waals surface area contributed by atoms with Gasteiger partial charge in [0.25, 0.3) is 0 Å². The SMILES string of the molecule is O=C(O)C1CC1c1ccc[nH]1. The zero-order valence-corrected chi connectivity index (χ0v) is 5.95. The fraction of sp³-hybridized carbons (Fsp3) is 0.375. The number of carboxylic acids is 1. The van der Waals surface area contributed by atoms with Gasteiger partial charge in [-0.3, -0.25) is 4.79 Å². The van der Waals surface area contributed by atoms with E-state index in [9.17, 15) is 4.79 Å². The van der Waals surface area contributed by atoms with Gasteiger partial charge in [-0.1, -0.05) is 0 Å². The van der Waals surface area contributed by atoms with Crippen LogP contribution in [-0.2, 0) is 4.79 Å². The third-order valence-electron chi connectivity index (χ3n) is 2.13. The lowest BCUT2D eigenvalue weighted by Gasteiger charge is -1.90. The second-order valence-corrected chi connectivity index (χ2v) is 2.91. The van der Waals surface area contributed by atoms with E-state index in [1.165, 1.54) is 0 Å². The van der Waals surface area contributed by atoms with Crippen molar-refractivity contribution in [1.82, 2.24) is 4.98 Å². The summed E-state index contributed by atoms with van der Waals surface area (Å²) in [5.74, 6) is -0.583. The van der Waals surface area contributed by atoms with Crippen LogP contribution in [0.3, 0.4) is 0 Å². The largest absolute Gasteiger partial charge is 0.481 e. The van der Waals surface area contributed by atoms with Crippen LogP contribution in [0, 0.1) is 5.92 Å². The molecular formula is C8H9NO2. The Balaban J connectivity index is 2.08. The van der Waals surface area contributed by atoms with Crippen molar-refractivity contribution < 1.29 is 9.90 Å². The van der Waals surface area contributed by atoms with E-state index in [1.54, 1.807) is 0 Å². The summed E-state index contributed by atoms with van der Waals surface area (Å²) >= 11 is 0. The number of rotatable bonds is 2. The van der Waals surface area contributed by atoms with E-state index in [4.69, 9.17) is 5.11 Å². The van der Waals surface area contributed by atoms with Crippen molar-refractivity contribution in [3.8, 4) is 0 Å². The molecule has 0 amide bonds. The molecule has 2 atom stereocenters. The number of aliphatic carboxylic acids is 1. The molecule has 1 heterocycles. The maximum atomic E-state index is 10.5. The van der Waals surface area contributed by atoms with Gasteiger partial charge in [-0.25, -0.2) is 0 Å². The highest BCUT2D eigenvalue weighted by Crippen LogP contribution is 2.46. The van der Waals surface area contributed by atoms with E-state index in [0.717, 1.165) is 12.1 Å². The monoisotopic (exact) mass is 151 g/mol. The highest BCUT2D eigenvalue weighted by molar-refractivity contribution is 5.75.